The van der Waals surface area contributed by atoms with Gasteiger partial charge < -0.3 is 15.2 Å². The smallest absolute Gasteiger partial charge is 0.489 e. The quantitative estimate of drug-likeness (QED) is 0.480. The van der Waals surface area contributed by atoms with Crippen LogP contribution in [-0.4, -0.2) is 22.3 Å². The van der Waals surface area contributed by atoms with Crippen molar-refractivity contribution in [3.63, 3.8) is 0 Å². The van der Waals surface area contributed by atoms with Crippen LogP contribution in [-0.2, 0) is 0 Å². The number of aromatic hydroxyl groups is 1. The molecule has 10 heavy (non-hydrogen) atoms. The van der Waals surface area contributed by atoms with E-state index < -0.39 is 7.12 Å². The van der Waals surface area contributed by atoms with Gasteiger partial charge in [-0.2, -0.15) is 0 Å². The van der Waals surface area contributed by atoms with Crippen LogP contribution in [0.1, 0.15) is 4.88 Å². The van der Waals surface area contributed by atoms with Crippen LogP contribution in [0.15, 0.2) is 6.07 Å². The Hall–Kier alpha value is -0.515. The topological polar surface area (TPSA) is 60.7 Å². The van der Waals surface area contributed by atoms with Crippen molar-refractivity contribution in [3.05, 3.63) is 10.9 Å². The van der Waals surface area contributed by atoms with Crippen LogP contribution in [0.2, 0.25) is 0 Å². The second-order valence-corrected chi connectivity index (χ2v) is 3.20. The van der Waals surface area contributed by atoms with Crippen LogP contribution < -0.4 is 5.46 Å². The van der Waals surface area contributed by atoms with Crippen LogP contribution >= 0.6 is 11.3 Å². The van der Waals surface area contributed by atoms with Crippen molar-refractivity contribution < 1.29 is 15.2 Å². The third kappa shape index (κ3) is 1.31. The van der Waals surface area contributed by atoms with Crippen LogP contribution in [0.5, 0.6) is 5.06 Å². The van der Waals surface area contributed by atoms with Gasteiger partial charge in [-0.3, -0.25) is 0 Å². The molecule has 0 aliphatic heterocycles. The molecule has 0 unspecified atom stereocenters. The number of thiophene rings is 1. The molecule has 0 bridgehead atoms. The van der Waals surface area contributed by atoms with E-state index in [9.17, 15) is 0 Å². The first kappa shape index (κ1) is 7.59. The van der Waals surface area contributed by atoms with Crippen molar-refractivity contribution in [3.8, 4) is 5.06 Å². The SMILES string of the molecule is Cc1sc(O)cc1B(O)O. The van der Waals surface area contributed by atoms with Crippen molar-refractivity contribution in [2.24, 2.45) is 0 Å². The third-order valence-corrected chi connectivity index (χ3v) is 2.09. The van der Waals surface area contributed by atoms with E-state index in [1.165, 1.54) is 6.07 Å². The molecule has 0 atom stereocenters. The van der Waals surface area contributed by atoms with Gasteiger partial charge >= 0.3 is 7.12 Å². The van der Waals surface area contributed by atoms with Crippen molar-refractivity contribution >= 4 is 23.9 Å². The predicted molar refractivity (Wildman–Crippen MR) is 40.5 cm³/mol. The largest absolute Gasteiger partial charge is 0.499 e. The molecule has 0 saturated heterocycles. The highest BCUT2D eigenvalue weighted by molar-refractivity contribution is 7.15. The van der Waals surface area contributed by atoms with E-state index in [2.05, 4.69) is 0 Å². The van der Waals surface area contributed by atoms with E-state index >= 15 is 0 Å². The molecule has 0 spiro atoms. The zero-order chi connectivity index (χ0) is 7.72. The van der Waals surface area contributed by atoms with Crippen molar-refractivity contribution in [2.45, 2.75) is 6.92 Å². The van der Waals surface area contributed by atoms with E-state index in [1.807, 2.05) is 0 Å². The Balaban J connectivity index is 3.03. The van der Waals surface area contributed by atoms with E-state index in [4.69, 9.17) is 15.2 Å². The summed E-state index contributed by atoms with van der Waals surface area (Å²) in [6, 6.07) is 1.35. The molecule has 0 aliphatic rings. The highest BCUT2D eigenvalue weighted by Crippen LogP contribution is 2.19. The molecular formula is C5H7BO3S. The molecule has 0 aromatic carbocycles. The number of hydrogen-bond donors (Lipinski definition) is 3. The highest BCUT2D eigenvalue weighted by Gasteiger charge is 2.16. The third-order valence-electron chi connectivity index (χ3n) is 1.22. The lowest BCUT2D eigenvalue weighted by atomic mass is 9.81. The van der Waals surface area contributed by atoms with Gasteiger partial charge in [-0.25, -0.2) is 0 Å². The summed E-state index contributed by atoms with van der Waals surface area (Å²) in [6.07, 6.45) is 0. The summed E-state index contributed by atoms with van der Waals surface area (Å²) in [6.45, 7) is 1.72. The van der Waals surface area contributed by atoms with Gasteiger partial charge in [0.2, 0.25) is 0 Å². The van der Waals surface area contributed by atoms with Gasteiger partial charge in [-0.15, -0.1) is 11.3 Å². The fourth-order valence-electron chi connectivity index (χ4n) is 0.736. The summed E-state index contributed by atoms with van der Waals surface area (Å²) >= 11 is 1.13. The van der Waals surface area contributed by atoms with Gasteiger partial charge in [-0.1, -0.05) is 0 Å². The van der Waals surface area contributed by atoms with Crippen LogP contribution in [0.3, 0.4) is 0 Å². The van der Waals surface area contributed by atoms with Crippen LogP contribution in [0.25, 0.3) is 0 Å². The Morgan fingerprint density at radius 1 is 1.50 bits per heavy atom. The molecule has 0 radical (unpaired) electrons. The fraction of sp³-hybridized carbons (Fsp3) is 0.200. The zero-order valence-electron chi connectivity index (χ0n) is 5.40. The maximum atomic E-state index is 8.88. The Morgan fingerprint density at radius 3 is 2.30 bits per heavy atom. The fourth-order valence-corrected chi connectivity index (χ4v) is 1.52. The standard InChI is InChI=1S/C5H7BO3S/c1-3-4(6(8)9)2-5(7)10-3/h2,7-9H,1H3. The second-order valence-electron chi connectivity index (χ2n) is 1.97. The number of rotatable bonds is 1. The Kier molecular flexibility index (Phi) is 1.98. The molecule has 5 heteroatoms. The summed E-state index contributed by atoms with van der Waals surface area (Å²) in [5.41, 5.74) is 0.377. The first-order valence-corrected chi connectivity index (χ1v) is 3.58. The molecule has 1 aromatic heterocycles. The van der Waals surface area contributed by atoms with Gasteiger partial charge in [0.1, 0.15) is 0 Å². The van der Waals surface area contributed by atoms with Crippen molar-refractivity contribution in [1.29, 1.82) is 0 Å². The summed E-state index contributed by atoms with van der Waals surface area (Å²) < 4.78 is 0. The molecule has 3 N–H and O–H groups in total. The molecule has 0 amide bonds. The lowest BCUT2D eigenvalue weighted by Gasteiger charge is -1.92. The first-order valence-electron chi connectivity index (χ1n) is 2.76. The molecule has 0 aliphatic carbocycles. The van der Waals surface area contributed by atoms with Crippen molar-refractivity contribution in [2.75, 3.05) is 0 Å². The molecule has 54 valence electrons. The van der Waals surface area contributed by atoms with Gasteiger partial charge in [0, 0.05) is 4.88 Å². The first-order chi connectivity index (χ1) is 4.61. The minimum absolute atomic E-state index is 0.112. The van der Waals surface area contributed by atoms with E-state index in [0.717, 1.165) is 16.2 Å². The Morgan fingerprint density at radius 2 is 2.10 bits per heavy atom. The van der Waals surface area contributed by atoms with Gasteiger partial charge in [0.05, 0.1) is 0 Å². The molecule has 1 heterocycles. The lowest BCUT2D eigenvalue weighted by molar-refractivity contribution is 0.425. The molecule has 3 nitrogen and oxygen atoms in total. The summed E-state index contributed by atoms with van der Waals surface area (Å²) in [5, 5.41) is 26.3. The molecule has 0 saturated carbocycles. The maximum absolute atomic E-state index is 8.88. The average Bonchev–Trinajstić information content (AvgIpc) is 2.10. The Labute approximate surface area is 62.7 Å². The maximum Gasteiger partial charge on any atom is 0.489 e. The summed E-state index contributed by atoms with van der Waals surface area (Å²) in [5.74, 6) is 0. The second kappa shape index (κ2) is 2.61. The summed E-state index contributed by atoms with van der Waals surface area (Å²) in [7, 11) is -1.47. The lowest BCUT2D eigenvalue weighted by Crippen LogP contribution is -2.29. The summed E-state index contributed by atoms with van der Waals surface area (Å²) in [4.78, 5) is 0.729. The van der Waals surface area contributed by atoms with E-state index in [0.29, 0.717) is 5.46 Å². The average molecular weight is 158 g/mol. The highest BCUT2D eigenvalue weighted by atomic mass is 32.1. The Bertz CT molecular complexity index is 233. The predicted octanol–water partition coefficient (Wildman–Crippen LogP) is -0.558. The zero-order valence-corrected chi connectivity index (χ0v) is 6.22. The van der Waals surface area contributed by atoms with Crippen LogP contribution in [0.4, 0.5) is 0 Å². The minimum atomic E-state index is -1.47. The molecule has 1 aromatic rings. The number of aryl methyl sites for hydroxylation is 1. The van der Waals surface area contributed by atoms with Gasteiger partial charge in [0.25, 0.3) is 0 Å². The van der Waals surface area contributed by atoms with E-state index in [-0.39, 0.29) is 5.06 Å². The van der Waals surface area contributed by atoms with Crippen molar-refractivity contribution in [1.82, 2.24) is 0 Å². The normalized spacial score (nSPS) is 9.90. The molecular weight excluding hydrogens is 151 g/mol. The molecule has 0 fully saturated rings. The monoisotopic (exact) mass is 158 g/mol. The van der Waals surface area contributed by atoms with Crippen LogP contribution in [0, 0.1) is 6.92 Å². The molecule has 1 rings (SSSR count). The van der Waals surface area contributed by atoms with Gasteiger partial charge in [-0.05, 0) is 18.5 Å². The van der Waals surface area contributed by atoms with E-state index in [1.54, 1.807) is 6.92 Å². The van der Waals surface area contributed by atoms with Gasteiger partial charge in [0.15, 0.2) is 5.06 Å². The number of hydrogen-bond acceptors (Lipinski definition) is 4. The minimum Gasteiger partial charge on any atom is -0.499 e.